The summed E-state index contributed by atoms with van der Waals surface area (Å²) in [5, 5.41) is 7.94. The van der Waals surface area contributed by atoms with Crippen molar-refractivity contribution in [2.75, 3.05) is 18.4 Å². The summed E-state index contributed by atoms with van der Waals surface area (Å²) in [5.41, 5.74) is 6.69. The van der Waals surface area contributed by atoms with E-state index in [1.54, 1.807) is 4.68 Å². The molecule has 176 valence electrons. The van der Waals surface area contributed by atoms with Crippen LogP contribution in [0.5, 0.6) is 0 Å². The average Bonchev–Trinajstić information content (AvgIpc) is 3.22. The Labute approximate surface area is 206 Å². The Bertz CT molecular complexity index is 1330. The van der Waals surface area contributed by atoms with Crippen molar-refractivity contribution < 1.29 is 4.79 Å². The monoisotopic (exact) mass is 462 g/mol. The topological polar surface area (TPSA) is 50.2 Å². The Morgan fingerprint density at radius 1 is 0.857 bits per heavy atom. The van der Waals surface area contributed by atoms with Crippen molar-refractivity contribution in [2.24, 2.45) is 0 Å². The molecule has 6 rings (SSSR count). The van der Waals surface area contributed by atoms with Crippen LogP contribution in [0.15, 0.2) is 85.1 Å². The second-order valence-corrected chi connectivity index (χ2v) is 9.60. The minimum Gasteiger partial charge on any atom is -0.322 e. The van der Waals surface area contributed by atoms with Crippen LogP contribution in [0.3, 0.4) is 0 Å². The van der Waals surface area contributed by atoms with Crippen molar-refractivity contribution >= 4 is 11.6 Å². The predicted molar refractivity (Wildman–Crippen MR) is 140 cm³/mol. The first kappa shape index (κ1) is 21.8. The van der Waals surface area contributed by atoms with Gasteiger partial charge in [0.2, 0.25) is 0 Å². The molecule has 1 saturated carbocycles. The number of carbonyl (C=O) groups is 1. The Hall–Kier alpha value is -3.70. The molecule has 1 amide bonds. The van der Waals surface area contributed by atoms with E-state index in [0.29, 0.717) is 11.3 Å². The molecule has 0 atom stereocenters. The normalized spacial score (nSPS) is 16.2. The smallest absolute Gasteiger partial charge is 0.259 e. The molecule has 0 unspecified atom stereocenters. The number of hydrogen-bond donors (Lipinski definition) is 1. The largest absolute Gasteiger partial charge is 0.322 e. The van der Waals surface area contributed by atoms with E-state index in [1.165, 1.54) is 30.4 Å². The van der Waals surface area contributed by atoms with E-state index in [-0.39, 0.29) is 5.91 Å². The molecule has 0 radical (unpaired) electrons. The molecule has 1 fully saturated rings. The van der Waals surface area contributed by atoms with Crippen molar-refractivity contribution in [3.63, 3.8) is 0 Å². The molecule has 1 aliphatic heterocycles. The number of amides is 1. The van der Waals surface area contributed by atoms with E-state index in [0.717, 1.165) is 48.9 Å². The van der Waals surface area contributed by atoms with Crippen molar-refractivity contribution in [1.29, 1.82) is 0 Å². The van der Waals surface area contributed by atoms with Crippen molar-refractivity contribution in [1.82, 2.24) is 14.7 Å². The molecule has 2 aliphatic rings. The lowest BCUT2D eigenvalue weighted by atomic mass is 9.91. The number of rotatable bonds is 5. The van der Waals surface area contributed by atoms with Gasteiger partial charge >= 0.3 is 0 Å². The number of anilines is 1. The molecule has 2 heterocycles. The third kappa shape index (κ3) is 4.52. The van der Waals surface area contributed by atoms with E-state index in [4.69, 9.17) is 5.10 Å². The molecule has 0 spiro atoms. The van der Waals surface area contributed by atoms with E-state index in [2.05, 4.69) is 22.3 Å². The third-order valence-electron chi connectivity index (χ3n) is 7.42. The molecule has 5 nitrogen and oxygen atoms in total. The number of fused-ring (bicyclic) bond motifs is 1. The van der Waals surface area contributed by atoms with Gasteiger partial charge in [-0.15, -0.1) is 0 Å². The van der Waals surface area contributed by atoms with Gasteiger partial charge in [-0.25, -0.2) is 4.68 Å². The summed E-state index contributed by atoms with van der Waals surface area (Å²) in [6.07, 6.45) is 8.01. The van der Waals surface area contributed by atoms with E-state index in [1.807, 2.05) is 72.9 Å². The second kappa shape index (κ2) is 9.51. The van der Waals surface area contributed by atoms with Gasteiger partial charge in [-0.1, -0.05) is 61.0 Å². The average molecular weight is 463 g/mol. The van der Waals surface area contributed by atoms with Gasteiger partial charge < -0.3 is 5.32 Å². The minimum atomic E-state index is -0.143. The fourth-order valence-corrected chi connectivity index (χ4v) is 5.20. The molecule has 35 heavy (non-hydrogen) atoms. The molecule has 0 saturated heterocycles. The molecule has 5 heteroatoms. The third-order valence-corrected chi connectivity index (χ3v) is 7.42. The van der Waals surface area contributed by atoms with Gasteiger partial charge in [-0.3, -0.25) is 9.69 Å². The van der Waals surface area contributed by atoms with Crippen LogP contribution in [-0.4, -0.2) is 39.7 Å². The highest BCUT2D eigenvalue weighted by molar-refractivity contribution is 6.08. The summed E-state index contributed by atoms with van der Waals surface area (Å²) < 4.78 is 1.78. The summed E-state index contributed by atoms with van der Waals surface area (Å²) in [6.45, 7) is 2.25. The first-order chi connectivity index (χ1) is 17.2. The summed E-state index contributed by atoms with van der Waals surface area (Å²) in [6, 6.07) is 27.0. The van der Waals surface area contributed by atoms with Gasteiger partial charge in [0.1, 0.15) is 5.69 Å². The lowest BCUT2D eigenvalue weighted by Crippen LogP contribution is -2.41. The first-order valence-electron chi connectivity index (χ1n) is 12.6. The number of carbonyl (C=O) groups excluding carboxylic acids is 1. The Morgan fingerprint density at radius 2 is 1.57 bits per heavy atom. The summed E-state index contributed by atoms with van der Waals surface area (Å²) in [5.74, 6) is -0.143. The highest BCUT2D eigenvalue weighted by Gasteiger charge is 2.26. The minimum absolute atomic E-state index is 0.143. The van der Waals surface area contributed by atoms with Gasteiger partial charge in [-0.05, 0) is 61.1 Å². The van der Waals surface area contributed by atoms with E-state index < -0.39 is 0 Å². The Balaban J connectivity index is 1.26. The van der Waals surface area contributed by atoms with Gasteiger partial charge in [0.05, 0.1) is 11.3 Å². The van der Waals surface area contributed by atoms with Crippen molar-refractivity contribution in [3.8, 4) is 16.9 Å². The van der Waals surface area contributed by atoms with E-state index in [9.17, 15) is 4.79 Å². The van der Waals surface area contributed by atoms with Gasteiger partial charge in [0.25, 0.3) is 5.91 Å². The fourth-order valence-electron chi connectivity index (χ4n) is 5.20. The maximum absolute atomic E-state index is 13.5. The van der Waals surface area contributed by atoms with Crippen LogP contribution in [0.2, 0.25) is 0 Å². The Kier molecular flexibility index (Phi) is 5.93. The van der Waals surface area contributed by atoms with Crippen LogP contribution in [0.4, 0.5) is 5.69 Å². The van der Waals surface area contributed by atoms with Crippen LogP contribution in [0, 0.1) is 0 Å². The fraction of sp³-hybridized carbons (Fsp3) is 0.267. The quantitative estimate of drug-likeness (QED) is 0.411. The van der Waals surface area contributed by atoms with Crippen LogP contribution >= 0.6 is 0 Å². The van der Waals surface area contributed by atoms with E-state index >= 15 is 0 Å². The van der Waals surface area contributed by atoms with Gasteiger partial charge in [0, 0.05) is 36.6 Å². The number of para-hydroxylation sites is 1. The molecule has 0 bridgehead atoms. The second-order valence-electron chi connectivity index (χ2n) is 9.60. The van der Waals surface area contributed by atoms with Crippen LogP contribution in [0.1, 0.15) is 40.7 Å². The zero-order chi connectivity index (χ0) is 23.6. The highest BCUT2D eigenvalue weighted by Crippen LogP contribution is 2.29. The zero-order valence-electron chi connectivity index (χ0n) is 19.9. The molecule has 1 aromatic heterocycles. The lowest BCUT2D eigenvalue weighted by molar-refractivity contribution is 0.102. The summed E-state index contributed by atoms with van der Waals surface area (Å²) in [7, 11) is 0. The first-order valence-corrected chi connectivity index (χ1v) is 12.6. The van der Waals surface area contributed by atoms with Crippen LogP contribution in [0.25, 0.3) is 16.9 Å². The Morgan fingerprint density at radius 3 is 2.29 bits per heavy atom. The number of nitrogens with zero attached hydrogens (tertiary/aromatic N) is 3. The number of aromatic nitrogens is 2. The molecule has 1 N–H and O–H groups in total. The molecule has 1 aliphatic carbocycles. The van der Waals surface area contributed by atoms with Gasteiger partial charge in [-0.2, -0.15) is 5.10 Å². The van der Waals surface area contributed by atoms with Gasteiger partial charge in [0.15, 0.2) is 0 Å². The zero-order valence-corrected chi connectivity index (χ0v) is 19.9. The summed E-state index contributed by atoms with van der Waals surface area (Å²) in [4.78, 5) is 16.2. The van der Waals surface area contributed by atoms with Crippen molar-refractivity contribution in [2.45, 2.75) is 38.1 Å². The standard InChI is InChI=1S/C30H30N4O/c35-30(31-25-15-14-22-16-18-33(26-12-7-13-26)19-17-24(22)20-25)28-21-34(27-10-5-2-6-11-27)32-29(28)23-8-3-1-4-9-23/h1-6,8-11,14-15,20-21,26H,7,12-13,16-19H2,(H,31,35). The predicted octanol–water partition coefficient (Wildman–Crippen LogP) is 5.74. The molecular weight excluding hydrogens is 432 g/mol. The number of benzene rings is 3. The van der Waals surface area contributed by atoms with Crippen LogP contribution < -0.4 is 5.32 Å². The maximum atomic E-state index is 13.5. The number of nitrogens with one attached hydrogen (secondary N) is 1. The SMILES string of the molecule is O=C(Nc1ccc2c(c1)CCN(C1CCC1)CC2)c1cn(-c2ccccc2)nc1-c1ccccc1. The lowest BCUT2D eigenvalue weighted by Gasteiger charge is -2.36. The number of hydrogen-bond acceptors (Lipinski definition) is 3. The molecule has 4 aromatic rings. The molecule has 3 aromatic carbocycles. The highest BCUT2D eigenvalue weighted by atomic mass is 16.1. The maximum Gasteiger partial charge on any atom is 0.259 e. The summed E-state index contributed by atoms with van der Waals surface area (Å²) >= 11 is 0. The molecular formula is C30H30N4O. The van der Waals surface area contributed by atoms with Crippen LogP contribution in [-0.2, 0) is 12.8 Å². The van der Waals surface area contributed by atoms with Crippen molar-refractivity contribution in [3.05, 3.63) is 102 Å².